The highest BCUT2D eigenvalue weighted by molar-refractivity contribution is 9.10. The predicted molar refractivity (Wildman–Crippen MR) is 74.7 cm³/mol. The summed E-state index contributed by atoms with van der Waals surface area (Å²) in [5, 5.41) is 0. The van der Waals surface area contributed by atoms with Crippen LogP contribution in [0.15, 0.2) is 46.9 Å². The maximum atomic E-state index is 12.4. The smallest absolute Gasteiger partial charge is 0.416 e. The molecule has 0 aromatic heterocycles. The highest BCUT2D eigenvalue weighted by Gasteiger charge is 2.29. The summed E-state index contributed by atoms with van der Waals surface area (Å²) >= 11 is 3.35. The van der Waals surface area contributed by atoms with Crippen LogP contribution in [0.1, 0.15) is 16.7 Å². The number of halogens is 4. The second kappa shape index (κ2) is 5.87. The van der Waals surface area contributed by atoms with Crippen LogP contribution in [0.3, 0.4) is 0 Å². The summed E-state index contributed by atoms with van der Waals surface area (Å²) < 4.78 is 43.8. The van der Waals surface area contributed by atoms with Crippen LogP contribution in [0.5, 0.6) is 5.75 Å². The first-order valence-electron chi connectivity index (χ1n) is 5.91. The lowest BCUT2D eigenvalue weighted by Gasteiger charge is -2.11. The minimum atomic E-state index is -4.31. The Hall–Kier alpha value is -1.49. The fraction of sp³-hybridized carbons (Fsp3) is 0.200. The Kier molecular flexibility index (Phi) is 4.38. The Labute approximate surface area is 123 Å². The summed E-state index contributed by atoms with van der Waals surface area (Å²) in [5.74, 6) is 0.708. The van der Waals surface area contributed by atoms with Crippen LogP contribution < -0.4 is 4.74 Å². The number of ether oxygens (including phenoxy) is 1. The highest BCUT2D eigenvalue weighted by Crippen LogP contribution is 2.29. The van der Waals surface area contributed by atoms with E-state index in [2.05, 4.69) is 15.9 Å². The van der Waals surface area contributed by atoms with Gasteiger partial charge in [0, 0.05) is 4.47 Å². The lowest BCUT2D eigenvalue weighted by Crippen LogP contribution is -2.05. The molecule has 0 aliphatic heterocycles. The van der Waals surface area contributed by atoms with E-state index in [1.165, 1.54) is 12.1 Å². The van der Waals surface area contributed by atoms with Crippen molar-refractivity contribution in [2.75, 3.05) is 0 Å². The Morgan fingerprint density at radius 2 is 1.70 bits per heavy atom. The molecule has 0 fully saturated rings. The van der Waals surface area contributed by atoms with E-state index in [1.54, 1.807) is 0 Å². The van der Waals surface area contributed by atoms with Crippen LogP contribution in [0.2, 0.25) is 0 Å². The standard InChI is InChI=1S/C15H12BrF3O/c1-10-2-7-13(16)8-14(10)20-9-11-3-5-12(6-4-11)15(17,18)19/h2-8H,9H2,1H3. The predicted octanol–water partition coefficient (Wildman–Crippen LogP) is 5.36. The van der Waals surface area contributed by atoms with E-state index in [0.29, 0.717) is 11.3 Å². The summed E-state index contributed by atoms with van der Waals surface area (Å²) in [6.45, 7) is 2.14. The molecular formula is C15H12BrF3O. The zero-order valence-corrected chi connectivity index (χ0v) is 12.3. The summed E-state index contributed by atoms with van der Waals surface area (Å²) in [5.41, 5.74) is 1.01. The first-order valence-corrected chi connectivity index (χ1v) is 6.70. The second-order valence-electron chi connectivity index (χ2n) is 4.39. The van der Waals surface area contributed by atoms with Gasteiger partial charge in [-0.1, -0.05) is 34.1 Å². The first-order chi connectivity index (χ1) is 9.36. The van der Waals surface area contributed by atoms with Crippen molar-refractivity contribution in [3.05, 3.63) is 63.6 Å². The van der Waals surface area contributed by atoms with Gasteiger partial charge in [-0.2, -0.15) is 13.2 Å². The van der Waals surface area contributed by atoms with Crippen LogP contribution in [0, 0.1) is 6.92 Å². The Balaban J connectivity index is 2.06. The van der Waals surface area contributed by atoms with E-state index in [9.17, 15) is 13.2 Å². The third-order valence-electron chi connectivity index (χ3n) is 2.83. The summed E-state index contributed by atoms with van der Waals surface area (Å²) in [7, 11) is 0. The van der Waals surface area contributed by atoms with Crippen molar-refractivity contribution in [3.8, 4) is 5.75 Å². The van der Waals surface area contributed by atoms with Gasteiger partial charge in [0.1, 0.15) is 12.4 Å². The zero-order chi connectivity index (χ0) is 14.8. The Morgan fingerprint density at radius 3 is 2.30 bits per heavy atom. The number of hydrogen-bond acceptors (Lipinski definition) is 1. The zero-order valence-electron chi connectivity index (χ0n) is 10.7. The molecule has 0 heterocycles. The lowest BCUT2D eigenvalue weighted by atomic mass is 10.1. The molecule has 0 radical (unpaired) electrons. The van der Waals surface area contributed by atoms with E-state index in [1.807, 2.05) is 25.1 Å². The molecule has 1 nitrogen and oxygen atoms in total. The molecule has 0 bridgehead atoms. The van der Waals surface area contributed by atoms with Crippen molar-refractivity contribution in [2.45, 2.75) is 19.7 Å². The molecule has 5 heteroatoms. The summed E-state index contributed by atoms with van der Waals surface area (Å²) in [6.07, 6.45) is -4.31. The molecule has 0 saturated carbocycles. The lowest BCUT2D eigenvalue weighted by molar-refractivity contribution is -0.137. The van der Waals surface area contributed by atoms with E-state index < -0.39 is 11.7 Å². The number of alkyl halides is 3. The van der Waals surface area contributed by atoms with Gasteiger partial charge in [-0.25, -0.2) is 0 Å². The number of benzene rings is 2. The molecule has 0 saturated heterocycles. The molecule has 0 aliphatic rings. The van der Waals surface area contributed by atoms with Crippen molar-refractivity contribution in [2.24, 2.45) is 0 Å². The van der Waals surface area contributed by atoms with Crippen LogP contribution in [-0.2, 0) is 12.8 Å². The normalized spacial score (nSPS) is 11.4. The Bertz CT molecular complexity index is 591. The van der Waals surface area contributed by atoms with Crippen molar-refractivity contribution < 1.29 is 17.9 Å². The average molecular weight is 345 g/mol. The molecule has 2 aromatic carbocycles. The topological polar surface area (TPSA) is 9.23 Å². The number of aryl methyl sites for hydroxylation is 1. The number of rotatable bonds is 3. The molecule has 0 spiro atoms. The monoisotopic (exact) mass is 344 g/mol. The molecule has 0 N–H and O–H groups in total. The van der Waals surface area contributed by atoms with Crippen molar-refractivity contribution in [1.82, 2.24) is 0 Å². The summed E-state index contributed by atoms with van der Waals surface area (Å²) in [6, 6.07) is 10.6. The van der Waals surface area contributed by atoms with Crippen LogP contribution in [0.25, 0.3) is 0 Å². The largest absolute Gasteiger partial charge is 0.489 e. The van der Waals surface area contributed by atoms with Crippen LogP contribution in [-0.4, -0.2) is 0 Å². The van der Waals surface area contributed by atoms with Gasteiger partial charge in [-0.05, 0) is 42.3 Å². The minimum absolute atomic E-state index is 0.232. The molecule has 20 heavy (non-hydrogen) atoms. The van der Waals surface area contributed by atoms with Crippen molar-refractivity contribution in [1.29, 1.82) is 0 Å². The van der Waals surface area contributed by atoms with Gasteiger partial charge in [0.05, 0.1) is 5.56 Å². The Morgan fingerprint density at radius 1 is 1.05 bits per heavy atom. The third kappa shape index (κ3) is 3.76. The molecule has 0 atom stereocenters. The quantitative estimate of drug-likeness (QED) is 0.728. The molecule has 106 valence electrons. The average Bonchev–Trinajstić information content (AvgIpc) is 2.39. The fourth-order valence-corrected chi connectivity index (χ4v) is 2.02. The first kappa shape index (κ1) is 14.9. The van der Waals surface area contributed by atoms with E-state index in [0.717, 1.165) is 22.2 Å². The molecular weight excluding hydrogens is 333 g/mol. The van der Waals surface area contributed by atoms with Gasteiger partial charge >= 0.3 is 6.18 Å². The molecule has 2 rings (SSSR count). The third-order valence-corrected chi connectivity index (χ3v) is 3.32. The number of hydrogen-bond donors (Lipinski definition) is 0. The maximum Gasteiger partial charge on any atom is 0.416 e. The van der Waals surface area contributed by atoms with Gasteiger partial charge in [0.25, 0.3) is 0 Å². The molecule has 2 aromatic rings. The molecule has 0 unspecified atom stereocenters. The van der Waals surface area contributed by atoms with Gasteiger partial charge < -0.3 is 4.74 Å². The highest BCUT2D eigenvalue weighted by atomic mass is 79.9. The van der Waals surface area contributed by atoms with Gasteiger partial charge in [0.2, 0.25) is 0 Å². The second-order valence-corrected chi connectivity index (χ2v) is 5.31. The van der Waals surface area contributed by atoms with Crippen molar-refractivity contribution >= 4 is 15.9 Å². The SMILES string of the molecule is Cc1ccc(Br)cc1OCc1ccc(C(F)(F)F)cc1. The molecule has 0 amide bonds. The van der Waals surface area contributed by atoms with E-state index in [4.69, 9.17) is 4.74 Å². The van der Waals surface area contributed by atoms with E-state index >= 15 is 0 Å². The maximum absolute atomic E-state index is 12.4. The van der Waals surface area contributed by atoms with Crippen molar-refractivity contribution in [3.63, 3.8) is 0 Å². The summed E-state index contributed by atoms with van der Waals surface area (Å²) in [4.78, 5) is 0. The van der Waals surface area contributed by atoms with Gasteiger partial charge in [-0.3, -0.25) is 0 Å². The minimum Gasteiger partial charge on any atom is -0.489 e. The fourth-order valence-electron chi connectivity index (χ4n) is 1.68. The van der Waals surface area contributed by atoms with Crippen LogP contribution in [0.4, 0.5) is 13.2 Å². The van der Waals surface area contributed by atoms with E-state index in [-0.39, 0.29) is 6.61 Å². The molecule has 0 aliphatic carbocycles. The van der Waals surface area contributed by atoms with Gasteiger partial charge in [0.15, 0.2) is 0 Å². The van der Waals surface area contributed by atoms with Crippen LogP contribution >= 0.6 is 15.9 Å². The van der Waals surface area contributed by atoms with Gasteiger partial charge in [-0.15, -0.1) is 0 Å².